The largest absolute Gasteiger partial charge is 0.356 e. The lowest BCUT2D eigenvalue weighted by atomic mass is 10.0. The molecule has 138 valence electrons. The van der Waals surface area contributed by atoms with Gasteiger partial charge in [-0.15, -0.1) is 0 Å². The van der Waals surface area contributed by atoms with Gasteiger partial charge >= 0.3 is 0 Å². The number of nitrogens with zero attached hydrogens (tertiary/aromatic N) is 3. The van der Waals surface area contributed by atoms with Gasteiger partial charge in [0.15, 0.2) is 5.79 Å². The highest BCUT2D eigenvalue weighted by molar-refractivity contribution is 6.31. The van der Waals surface area contributed by atoms with Gasteiger partial charge in [0.1, 0.15) is 17.5 Å². The number of ether oxygens (including phenoxy) is 2. The molecule has 2 fully saturated rings. The van der Waals surface area contributed by atoms with Crippen molar-refractivity contribution < 1.29 is 9.47 Å². The summed E-state index contributed by atoms with van der Waals surface area (Å²) in [7, 11) is 0. The molecule has 2 saturated heterocycles. The Morgan fingerprint density at radius 3 is 2.58 bits per heavy atom. The first-order valence-electron chi connectivity index (χ1n) is 8.95. The highest BCUT2D eigenvalue weighted by Gasteiger charge is 2.40. The second kappa shape index (κ2) is 7.02. The van der Waals surface area contributed by atoms with Gasteiger partial charge in [-0.25, -0.2) is 9.97 Å². The van der Waals surface area contributed by atoms with Crippen LogP contribution >= 0.6 is 11.6 Å². The molecule has 0 amide bonds. The van der Waals surface area contributed by atoms with Crippen LogP contribution in [0.2, 0.25) is 5.02 Å². The molecule has 3 heterocycles. The lowest BCUT2D eigenvalue weighted by molar-refractivity contribution is -0.169. The van der Waals surface area contributed by atoms with Crippen molar-refractivity contribution in [2.24, 2.45) is 0 Å². The number of benzene rings is 1. The maximum absolute atomic E-state index is 6.22. The van der Waals surface area contributed by atoms with E-state index in [0.29, 0.717) is 13.2 Å². The maximum atomic E-state index is 6.22. The van der Waals surface area contributed by atoms with Crippen LogP contribution in [0.5, 0.6) is 0 Å². The Morgan fingerprint density at radius 2 is 1.85 bits per heavy atom. The monoisotopic (exact) mass is 374 g/mol. The van der Waals surface area contributed by atoms with Crippen LogP contribution in [-0.2, 0) is 9.47 Å². The van der Waals surface area contributed by atoms with Gasteiger partial charge in [0.25, 0.3) is 0 Å². The molecule has 2 aliphatic heterocycles. The third-order valence-corrected chi connectivity index (χ3v) is 5.43. The van der Waals surface area contributed by atoms with Crippen molar-refractivity contribution in [1.29, 1.82) is 0 Å². The van der Waals surface area contributed by atoms with Gasteiger partial charge in [-0.2, -0.15) is 0 Å². The van der Waals surface area contributed by atoms with Crippen LogP contribution in [0.3, 0.4) is 0 Å². The van der Waals surface area contributed by atoms with Gasteiger partial charge in [0, 0.05) is 42.7 Å². The summed E-state index contributed by atoms with van der Waals surface area (Å²) in [5, 5.41) is 4.11. The Morgan fingerprint density at radius 1 is 1.12 bits per heavy atom. The Balaban J connectivity index is 1.52. The molecular formula is C19H23ClN4O2. The Hall–Kier alpha value is -1.89. The SMILES string of the molecule is Cc1nc(Nc2cccc(Cl)c2C)cc(N2CCC3(CC2)OCCO3)n1. The van der Waals surface area contributed by atoms with E-state index in [1.54, 1.807) is 0 Å². The second-order valence-corrected chi connectivity index (χ2v) is 7.20. The maximum Gasteiger partial charge on any atom is 0.171 e. The van der Waals surface area contributed by atoms with Crippen LogP contribution in [0.1, 0.15) is 24.2 Å². The van der Waals surface area contributed by atoms with Crippen molar-refractivity contribution in [3.05, 3.63) is 40.7 Å². The highest BCUT2D eigenvalue weighted by atomic mass is 35.5. The fourth-order valence-electron chi connectivity index (χ4n) is 3.52. The summed E-state index contributed by atoms with van der Waals surface area (Å²) in [5.74, 6) is 2.05. The first-order chi connectivity index (χ1) is 12.5. The van der Waals surface area contributed by atoms with Crippen molar-refractivity contribution in [3.63, 3.8) is 0 Å². The van der Waals surface area contributed by atoms with Crippen molar-refractivity contribution in [1.82, 2.24) is 9.97 Å². The minimum Gasteiger partial charge on any atom is -0.356 e. The average Bonchev–Trinajstić information content (AvgIpc) is 3.07. The van der Waals surface area contributed by atoms with Gasteiger partial charge in [0.05, 0.1) is 13.2 Å². The molecule has 0 unspecified atom stereocenters. The first-order valence-corrected chi connectivity index (χ1v) is 9.33. The number of aromatic nitrogens is 2. The molecule has 7 heteroatoms. The Bertz CT molecular complexity index is 798. The lowest BCUT2D eigenvalue weighted by Crippen LogP contribution is -2.45. The van der Waals surface area contributed by atoms with Crippen LogP contribution in [0.15, 0.2) is 24.3 Å². The molecular weight excluding hydrogens is 352 g/mol. The van der Waals surface area contributed by atoms with Crippen LogP contribution in [-0.4, -0.2) is 42.1 Å². The third-order valence-electron chi connectivity index (χ3n) is 5.02. The molecule has 1 spiro atoms. The van der Waals surface area contributed by atoms with E-state index in [9.17, 15) is 0 Å². The molecule has 1 aromatic carbocycles. The van der Waals surface area contributed by atoms with Crippen molar-refractivity contribution >= 4 is 28.9 Å². The quantitative estimate of drug-likeness (QED) is 0.881. The number of halogens is 1. The van der Waals surface area contributed by atoms with Gasteiger partial charge < -0.3 is 19.7 Å². The van der Waals surface area contributed by atoms with E-state index in [1.165, 1.54) is 0 Å². The predicted molar refractivity (Wildman–Crippen MR) is 102 cm³/mol. The summed E-state index contributed by atoms with van der Waals surface area (Å²) in [5.41, 5.74) is 1.95. The van der Waals surface area contributed by atoms with Crippen LogP contribution in [0.4, 0.5) is 17.3 Å². The first kappa shape index (κ1) is 17.5. The van der Waals surface area contributed by atoms with Gasteiger partial charge in [-0.05, 0) is 31.5 Å². The number of rotatable bonds is 3. The minimum absolute atomic E-state index is 0.377. The highest BCUT2D eigenvalue weighted by Crippen LogP contribution is 2.33. The van der Waals surface area contributed by atoms with Crippen LogP contribution in [0.25, 0.3) is 0 Å². The van der Waals surface area contributed by atoms with E-state index in [2.05, 4.69) is 20.2 Å². The Kier molecular flexibility index (Phi) is 4.73. The zero-order chi connectivity index (χ0) is 18.1. The molecule has 1 N–H and O–H groups in total. The summed E-state index contributed by atoms with van der Waals surface area (Å²) in [6.45, 7) is 7.00. The van der Waals surface area contributed by atoms with Crippen molar-refractivity contribution in [2.45, 2.75) is 32.5 Å². The number of anilines is 3. The van der Waals surface area contributed by atoms with E-state index >= 15 is 0 Å². The summed E-state index contributed by atoms with van der Waals surface area (Å²) < 4.78 is 11.6. The summed E-state index contributed by atoms with van der Waals surface area (Å²) in [4.78, 5) is 11.4. The lowest BCUT2D eigenvalue weighted by Gasteiger charge is -2.38. The number of nitrogens with one attached hydrogen (secondary N) is 1. The van der Waals surface area contributed by atoms with Crippen LogP contribution in [0, 0.1) is 13.8 Å². The zero-order valence-corrected chi connectivity index (χ0v) is 15.8. The summed E-state index contributed by atoms with van der Waals surface area (Å²) in [6, 6.07) is 7.80. The number of aryl methyl sites for hydroxylation is 1. The van der Waals surface area contributed by atoms with Gasteiger partial charge in [-0.1, -0.05) is 17.7 Å². The van der Waals surface area contributed by atoms with E-state index in [0.717, 1.165) is 59.7 Å². The van der Waals surface area contributed by atoms with Gasteiger partial charge in [0.2, 0.25) is 0 Å². The van der Waals surface area contributed by atoms with E-state index in [4.69, 9.17) is 21.1 Å². The van der Waals surface area contributed by atoms with E-state index in [1.807, 2.05) is 38.1 Å². The molecule has 0 saturated carbocycles. The predicted octanol–water partition coefficient (Wildman–Crippen LogP) is 3.83. The summed E-state index contributed by atoms with van der Waals surface area (Å²) >= 11 is 6.22. The molecule has 0 radical (unpaired) electrons. The topological polar surface area (TPSA) is 59.5 Å². The second-order valence-electron chi connectivity index (χ2n) is 6.79. The van der Waals surface area contributed by atoms with Crippen LogP contribution < -0.4 is 10.2 Å². The number of hydrogen-bond acceptors (Lipinski definition) is 6. The third kappa shape index (κ3) is 3.49. The molecule has 0 aliphatic carbocycles. The average molecular weight is 375 g/mol. The van der Waals surface area contributed by atoms with Crippen molar-refractivity contribution in [3.8, 4) is 0 Å². The van der Waals surface area contributed by atoms with Gasteiger partial charge in [-0.3, -0.25) is 0 Å². The smallest absolute Gasteiger partial charge is 0.171 e. The molecule has 0 atom stereocenters. The van der Waals surface area contributed by atoms with E-state index in [-0.39, 0.29) is 5.79 Å². The number of hydrogen-bond donors (Lipinski definition) is 1. The standard InChI is InChI=1S/C19H23ClN4O2/c1-13-15(20)4-3-5-16(13)23-17-12-18(22-14(2)21-17)24-8-6-19(7-9-24)25-10-11-26-19/h3-5,12H,6-11H2,1-2H3,(H,21,22,23). The van der Waals surface area contributed by atoms with Crippen molar-refractivity contribution in [2.75, 3.05) is 36.5 Å². The van der Waals surface area contributed by atoms with E-state index < -0.39 is 0 Å². The molecule has 1 aromatic heterocycles. The fraction of sp³-hybridized carbons (Fsp3) is 0.474. The zero-order valence-electron chi connectivity index (χ0n) is 15.1. The molecule has 0 bridgehead atoms. The molecule has 2 aromatic rings. The molecule has 6 nitrogen and oxygen atoms in total. The normalized spacial score (nSPS) is 19.1. The fourth-order valence-corrected chi connectivity index (χ4v) is 3.70. The minimum atomic E-state index is -0.377. The molecule has 2 aliphatic rings. The molecule has 26 heavy (non-hydrogen) atoms. The molecule has 4 rings (SSSR count). The summed E-state index contributed by atoms with van der Waals surface area (Å²) in [6.07, 6.45) is 1.71. The Labute approximate surface area is 158 Å². The number of piperidine rings is 1.